The first kappa shape index (κ1) is 17.2. The molecule has 0 aromatic carbocycles. The van der Waals surface area contributed by atoms with E-state index >= 15 is 0 Å². The lowest BCUT2D eigenvalue weighted by atomic mass is 9.82. The summed E-state index contributed by atoms with van der Waals surface area (Å²) >= 11 is 0. The van der Waals surface area contributed by atoms with Gasteiger partial charge in [0, 0.05) is 13.1 Å². The largest absolute Gasteiger partial charge is 0.370 e. The monoisotopic (exact) mass is 277 g/mol. The Morgan fingerprint density at radius 2 is 1.89 bits per heavy atom. The maximum absolute atomic E-state index is 12.0. The van der Waals surface area contributed by atoms with Crippen molar-refractivity contribution < 1.29 is 9.59 Å². The molecule has 1 saturated heterocycles. The molecule has 5 nitrogen and oxygen atoms in total. The second-order valence-corrected chi connectivity index (χ2v) is 4.99. The highest BCUT2D eigenvalue weighted by molar-refractivity contribution is 5.87. The fraction of sp³-hybridized carbons (Fsp3) is 0.833. The van der Waals surface area contributed by atoms with E-state index in [-0.39, 0.29) is 30.2 Å². The number of likely N-dealkylation sites (tertiary alicyclic amines) is 1. The molecule has 0 aromatic rings. The van der Waals surface area contributed by atoms with Gasteiger partial charge in [0.25, 0.3) is 0 Å². The molecule has 1 atom stereocenters. The maximum atomic E-state index is 12.0. The third-order valence-electron chi connectivity index (χ3n) is 3.99. The van der Waals surface area contributed by atoms with E-state index in [0.717, 1.165) is 32.4 Å². The quantitative estimate of drug-likeness (QED) is 0.773. The number of primary amides is 1. The van der Waals surface area contributed by atoms with E-state index in [0.29, 0.717) is 0 Å². The highest BCUT2D eigenvalue weighted by Gasteiger charge is 2.38. The lowest BCUT2D eigenvalue weighted by molar-refractivity contribution is -0.134. The molecule has 0 aromatic heterocycles. The SMILES string of the molecule is CCC1(CC)CCN(C(=O)C(N)CC(N)=O)C1.Cl. The first-order chi connectivity index (χ1) is 7.94. The molecule has 0 aliphatic carbocycles. The van der Waals surface area contributed by atoms with Crippen LogP contribution in [0, 0.1) is 5.41 Å². The summed E-state index contributed by atoms with van der Waals surface area (Å²) in [4.78, 5) is 24.5. The van der Waals surface area contributed by atoms with Gasteiger partial charge in [-0.15, -0.1) is 12.4 Å². The van der Waals surface area contributed by atoms with Crippen molar-refractivity contribution in [2.24, 2.45) is 16.9 Å². The Bertz CT molecular complexity index is 306. The lowest BCUT2D eigenvalue weighted by Crippen LogP contribution is -2.45. The van der Waals surface area contributed by atoms with Crippen molar-refractivity contribution >= 4 is 24.2 Å². The minimum atomic E-state index is -0.781. The van der Waals surface area contributed by atoms with Crippen LogP contribution in [0.15, 0.2) is 0 Å². The number of hydrogen-bond acceptors (Lipinski definition) is 3. The van der Waals surface area contributed by atoms with Gasteiger partial charge in [-0.3, -0.25) is 9.59 Å². The van der Waals surface area contributed by atoms with Gasteiger partial charge in [0.05, 0.1) is 12.5 Å². The molecule has 1 aliphatic rings. The van der Waals surface area contributed by atoms with E-state index in [1.54, 1.807) is 4.90 Å². The number of nitrogens with zero attached hydrogens (tertiary/aromatic N) is 1. The number of carbonyl (C=O) groups excluding carboxylic acids is 2. The van der Waals surface area contributed by atoms with Crippen molar-refractivity contribution in [1.82, 2.24) is 4.90 Å². The van der Waals surface area contributed by atoms with Crippen LogP contribution in [0.3, 0.4) is 0 Å². The molecule has 0 saturated carbocycles. The molecule has 1 aliphatic heterocycles. The predicted molar refractivity (Wildman–Crippen MR) is 73.2 cm³/mol. The van der Waals surface area contributed by atoms with E-state index < -0.39 is 11.9 Å². The average Bonchev–Trinajstić information content (AvgIpc) is 2.72. The summed E-state index contributed by atoms with van der Waals surface area (Å²) in [5.41, 5.74) is 11.0. The first-order valence-corrected chi connectivity index (χ1v) is 6.27. The molecule has 1 fully saturated rings. The lowest BCUT2D eigenvalue weighted by Gasteiger charge is -2.27. The minimum absolute atomic E-state index is 0. The molecule has 0 spiro atoms. The third-order valence-corrected chi connectivity index (χ3v) is 3.99. The standard InChI is InChI=1S/C12H23N3O2.ClH/c1-3-12(4-2)5-6-15(8-12)11(17)9(13)7-10(14)16;/h9H,3-8,13H2,1-2H3,(H2,14,16);1H. The second kappa shape index (κ2) is 6.95. The zero-order valence-electron chi connectivity index (χ0n) is 11.1. The fourth-order valence-electron chi connectivity index (χ4n) is 2.49. The van der Waals surface area contributed by atoms with Crippen molar-refractivity contribution in [2.45, 2.75) is 45.6 Å². The molecule has 2 amide bonds. The van der Waals surface area contributed by atoms with Crippen molar-refractivity contribution in [1.29, 1.82) is 0 Å². The molecule has 0 bridgehead atoms. The highest BCUT2D eigenvalue weighted by atomic mass is 35.5. The van der Waals surface area contributed by atoms with E-state index in [2.05, 4.69) is 13.8 Å². The fourth-order valence-corrected chi connectivity index (χ4v) is 2.49. The highest BCUT2D eigenvalue weighted by Crippen LogP contribution is 2.37. The smallest absolute Gasteiger partial charge is 0.240 e. The van der Waals surface area contributed by atoms with E-state index in [1.165, 1.54) is 0 Å². The molecular weight excluding hydrogens is 254 g/mol. The molecule has 18 heavy (non-hydrogen) atoms. The number of halogens is 1. The molecule has 1 rings (SSSR count). The van der Waals surface area contributed by atoms with Crippen LogP contribution in [0.25, 0.3) is 0 Å². The molecule has 6 heteroatoms. The van der Waals surface area contributed by atoms with Gasteiger partial charge in [0.2, 0.25) is 11.8 Å². The molecule has 1 heterocycles. The van der Waals surface area contributed by atoms with Crippen molar-refractivity contribution in [3.63, 3.8) is 0 Å². The van der Waals surface area contributed by atoms with E-state index in [1.807, 2.05) is 0 Å². The van der Waals surface area contributed by atoms with Gasteiger partial charge in [-0.05, 0) is 24.7 Å². The average molecular weight is 278 g/mol. The molecular formula is C12H24ClN3O2. The van der Waals surface area contributed by atoms with Gasteiger partial charge >= 0.3 is 0 Å². The van der Waals surface area contributed by atoms with Gasteiger partial charge in [0.15, 0.2) is 0 Å². The summed E-state index contributed by atoms with van der Waals surface area (Å²) < 4.78 is 0. The minimum Gasteiger partial charge on any atom is -0.370 e. The van der Waals surface area contributed by atoms with Crippen LogP contribution in [0.2, 0.25) is 0 Å². The normalized spacial score (nSPS) is 19.2. The van der Waals surface area contributed by atoms with Crippen molar-refractivity contribution in [3.05, 3.63) is 0 Å². The van der Waals surface area contributed by atoms with Crippen LogP contribution in [-0.2, 0) is 9.59 Å². The number of hydrogen-bond donors (Lipinski definition) is 2. The summed E-state index contributed by atoms with van der Waals surface area (Å²) in [7, 11) is 0. The Morgan fingerprint density at radius 1 is 1.33 bits per heavy atom. The predicted octanol–water partition coefficient (Wildman–Crippen LogP) is 0.650. The Morgan fingerprint density at radius 3 is 2.28 bits per heavy atom. The topological polar surface area (TPSA) is 89.4 Å². The molecule has 4 N–H and O–H groups in total. The van der Waals surface area contributed by atoms with Crippen LogP contribution in [0.4, 0.5) is 0 Å². The van der Waals surface area contributed by atoms with E-state index in [4.69, 9.17) is 11.5 Å². The molecule has 1 unspecified atom stereocenters. The maximum Gasteiger partial charge on any atom is 0.240 e. The first-order valence-electron chi connectivity index (χ1n) is 6.27. The van der Waals surface area contributed by atoms with Crippen LogP contribution in [0.5, 0.6) is 0 Å². The van der Waals surface area contributed by atoms with Crippen LogP contribution < -0.4 is 11.5 Å². The van der Waals surface area contributed by atoms with Gasteiger partial charge < -0.3 is 16.4 Å². The summed E-state index contributed by atoms with van der Waals surface area (Å²) in [5.74, 6) is -0.671. The van der Waals surface area contributed by atoms with E-state index in [9.17, 15) is 9.59 Å². The number of nitrogens with two attached hydrogens (primary N) is 2. The Balaban J connectivity index is 0.00000289. The zero-order valence-corrected chi connectivity index (χ0v) is 12.0. The number of rotatable bonds is 5. The zero-order chi connectivity index (χ0) is 13.1. The summed E-state index contributed by atoms with van der Waals surface area (Å²) in [6.07, 6.45) is 3.09. The van der Waals surface area contributed by atoms with Crippen molar-refractivity contribution in [2.75, 3.05) is 13.1 Å². The van der Waals surface area contributed by atoms with Crippen LogP contribution >= 0.6 is 12.4 Å². The van der Waals surface area contributed by atoms with Gasteiger partial charge in [0.1, 0.15) is 0 Å². The Labute approximate surface area is 115 Å². The van der Waals surface area contributed by atoms with Gasteiger partial charge in [-0.2, -0.15) is 0 Å². The van der Waals surface area contributed by atoms with Crippen LogP contribution in [-0.4, -0.2) is 35.8 Å². The molecule has 0 radical (unpaired) electrons. The molecule has 106 valence electrons. The second-order valence-electron chi connectivity index (χ2n) is 4.99. The number of amides is 2. The number of carbonyl (C=O) groups is 2. The van der Waals surface area contributed by atoms with Crippen molar-refractivity contribution in [3.8, 4) is 0 Å². The summed E-state index contributed by atoms with van der Waals surface area (Å²) in [6.45, 7) is 5.81. The van der Waals surface area contributed by atoms with Gasteiger partial charge in [-0.1, -0.05) is 13.8 Å². The van der Waals surface area contributed by atoms with Gasteiger partial charge in [-0.25, -0.2) is 0 Å². The third kappa shape index (κ3) is 3.85. The Kier molecular flexibility index (Phi) is 6.63. The van der Waals surface area contributed by atoms with Crippen LogP contribution in [0.1, 0.15) is 39.5 Å². The summed E-state index contributed by atoms with van der Waals surface area (Å²) in [5, 5.41) is 0. The summed E-state index contributed by atoms with van der Waals surface area (Å²) in [6, 6.07) is -0.781. The Hall–Kier alpha value is -0.810.